The number of hydrogen-bond acceptors (Lipinski definition) is 6. The summed E-state index contributed by atoms with van der Waals surface area (Å²) in [6, 6.07) is 7.12. The van der Waals surface area contributed by atoms with E-state index in [1.165, 1.54) is 48.9 Å². The van der Waals surface area contributed by atoms with Crippen LogP contribution < -0.4 is 14.8 Å². The lowest BCUT2D eigenvalue weighted by Gasteiger charge is -2.42. The van der Waals surface area contributed by atoms with E-state index in [1.54, 1.807) is 13.2 Å². The van der Waals surface area contributed by atoms with Gasteiger partial charge in [0.15, 0.2) is 11.5 Å². The van der Waals surface area contributed by atoms with E-state index in [2.05, 4.69) is 5.32 Å². The number of ether oxygens (including phenoxy) is 3. The van der Waals surface area contributed by atoms with E-state index in [1.807, 2.05) is 6.08 Å². The Morgan fingerprint density at radius 3 is 2.36 bits per heavy atom. The molecule has 3 atom stereocenters. The van der Waals surface area contributed by atoms with Gasteiger partial charge in [-0.15, -0.1) is 0 Å². The van der Waals surface area contributed by atoms with Gasteiger partial charge in [-0.05, 0) is 55.6 Å². The van der Waals surface area contributed by atoms with Gasteiger partial charge in [-0.2, -0.15) is 4.31 Å². The van der Waals surface area contributed by atoms with Crippen LogP contribution in [0, 0.1) is 11.6 Å². The Balaban J connectivity index is 1.82. The van der Waals surface area contributed by atoms with Crippen LogP contribution in [0.25, 0.3) is 0 Å². The zero-order chi connectivity index (χ0) is 25.9. The highest BCUT2D eigenvalue weighted by Crippen LogP contribution is 2.37. The van der Waals surface area contributed by atoms with Crippen molar-refractivity contribution in [2.24, 2.45) is 0 Å². The van der Waals surface area contributed by atoms with E-state index in [0.717, 1.165) is 0 Å². The first-order chi connectivity index (χ1) is 17.3. The van der Waals surface area contributed by atoms with Gasteiger partial charge < -0.3 is 19.5 Å². The number of sulfonamides is 1. The van der Waals surface area contributed by atoms with Gasteiger partial charge in [0.2, 0.25) is 10.0 Å². The van der Waals surface area contributed by atoms with Crippen LogP contribution in [0.2, 0.25) is 0 Å². The van der Waals surface area contributed by atoms with Gasteiger partial charge in [-0.3, -0.25) is 0 Å². The number of allylic oxidation sites excluding steroid dienone is 1. The molecule has 1 aliphatic heterocycles. The average Bonchev–Trinajstić information content (AvgIpc) is 3.40. The molecule has 2 aliphatic rings. The summed E-state index contributed by atoms with van der Waals surface area (Å²) in [6.07, 6.45) is 3.17. The van der Waals surface area contributed by atoms with E-state index in [9.17, 15) is 17.2 Å². The number of methoxy groups -OCH3 is 3. The molecule has 0 saturated carbocycles. The number of halogens is 2. The first-order valence-corrected chi connectivity index (χ1v) is 13.4. The highest BCUT2D eigenvalue weighted by atomic mass is 32.2. The van der Waals surface area contributed by atoms with Crippen LogP contribution in [-0.2, 0) is 21.2 Å². The van der Waals surface area contributed by atoms with E-state index >= 15 is 0 Å². The molecule has 0 bridgehead atoms. The monoisotopic (exact) mass is 522 g/mol. The van der Waals surface area contributed by atoms with Crippen LogP contribution in [0.5, 0.6) is 11.5 Å². The molecule has 0 amide bonds. The first-order valence-electron chi connectivity index (χ1n) is 11.9. The summed E-state index contributed by atoms with van der Waals surface area (Å²) in [5.74, 6) is -0.621. The topological polar surface area (TPSA) is 77.1 Å². The molecule has 1 fully saturated rings. The number of rotatable bonds is 9. The Kier molecular flexibility index (Phi) is 8.29. The van der Waals surface area contributed by atoms with Crippen molar-refractivity contribution in [1.82, 2.24) is 9.62 Å². The van der Waals surface area contributed by atoms with Crippen molar-refractivity contribution >= 4 is 10.0 Å². The summed E-state index contributed by atoms with van der Waals surface area (Å²) in [5, 5.41) is 3.24. The molecule has 1 N–H and O–H groups in total. The zero-order valence-corrected chi connectivity index (χ0v) is 21.5. The SMILES string of the molecule is COc1ccc(S(=O)(=O)N([C@H]2CCNC2)[C@H]2C(Cc3c(F)cccc3F)=CCC[C@H]2OC)cc1OC. The van der Waals surface area contributed by atoms with Crippen molar-refractivity contribution in [2.45, 2.75) is 48.8 Å². The van der Waals surface area contributed by atoms with Crippen LogP contribution in [0.1, 0.15) is 24.8 Å². The lowest BCUT2D eigenvalue weighted by Crippen LogP contribution is -2.55. The third-order valence-electron chi connectivity index (χ3n) is 6.93. The minimum Gasteiger partial charge on any atom is -0.493 e. The van der Waals surface area contributed by atoms with Gasteiger partial charge in [0.25, 0.3) is 0 Å². The van der Waals surface area contributed by atoms with E-state index < -0.39 is 33.8 Å². The van der Waals surface area contributed by atoms with Crippen molar-refractivity contribution in [2.75, 3.05) is 34.4 Å². The minimum atomic E-state index is -4.08. The predicted molar refractivity (Wildman–Crippen MR) is 132 cm³/mol. The van der Waals surface area contributed by atoms with Crippen molar-refractivity contribution in [3.05, 3.63) is 65.2 Å². The highest BCUT2D eigenvalue weighted by molar-refractivity contribution is 7.89. The predicted octanol–water partition coefficient (Wildman–Crippen LogP) is 3.68. The number of nitrogens with zero attached hydrogens (tertiary/aromatic N) is 1. The van der Waals surface area contributed by atoms with Crippen molar-refractivity contribution in [3.8, 4) is 11.5 Å². The molecular formula is C26H32F2N2O5S. The highest BCUT2D eigenvalue weighted by Gasteiger charge is 2.45. The van der Waals surface area contributed by atoms with Gasteiger partial charge in [0.1, 0.15) is 11.6 Å². The van der Waals surface area contributed by atoms with E-state index in [-0.39, 0.29) is 22.9 Å². The Labute approximate surface area is 211 Å². The maximum Gasteiger partial charge on any atom is 0.244 e. The number of hydrogen-bond donors (Lipinski definition) is 1. The summed E-state index contributed by atoms with van der Waals surface area (Å²) in [4.78, 5) is 0.0453. The van der Waals surface area contributed by atoms with Crippen LogP contribution in [0.15, 0.2) is 52.9 Å². The molecular weight excluding hydrogens is 490 g/mol. The third kappa shape index (κ3) is 5.13. The Bertz CT molecular complexity index is 1190. The molecule has 10 heteroatoms. The molecule has 0 unspecified atom stereocenters. The summed E-state index contributed by atoms with van der Waals surface area (Å²) >= 11 is 0. The zero-order valence-electron chi connectivity index (χ0n) is 20.7. The normalized spacial score (nSPS) is 22.5. The molecule has 1 aliphatic carbocycles. The van der Waals surface area contributed by atoms with Crippen LogP contribution in [0.4, 0.5) is 8.78 Å². The molecule has 7 nitrogen and oxygen atoms in total. The van der Waals surface area contributed by atoms with E-state index in [0.29, 0.717) is 49.4 Å². The fraction of sp³-hybridized carbons (Fsp3) is 0.462. The maximum atomic E-state index is 14.6. The molecule has 2 aromatic rings. The van der Waals surface area contributed by atoms with Gasteiger partial charge >= 0.3 is 0 Å². The minimum absolute atomic E-state index is 0.0453. The molecule has 2 aromatic carbocycles. The third-order valence-corrected chi connectivity index (χ3v) is 8.86. The smallest absolute Gasteiger partial charge is 0.244 e. The second-order valence-electron chi connectivity index (χ2n) is 8.95. The molecule has 0 aromatic heterocycles. The maximum absolute atomic E-state index is 14.6. The Morgan fingerprint density at radius 1 is 1.03 bits per heavy atom. The Hall–Kier alpha value is -2.53. The molecule has 1 heterocycles. The standard InChI is InChI=1S/C26H32F2N2O5S/c1-33-23-11-10-19(15-25(23)35-3)36(31,32)30(18-12-13-29-16-18)26-17(6-4-9-24(26)34-2)14-20-21(27)7-5-8-22(20)28/h5-8,10-11,15,18,24,26,29H,4,9,12-14,16H2,1-3H3/t18-,24+,26-/m0/s1. The fourth-order valence-corrected chi connectivity index (χ4v) is 7.02. The van der Waals surface area contributed by atoms with Gasteiger partial charge in [0, 0.05) is 37.7 Å². The largest absolute Gasteiger partial charge is 0.493 e. The van der Waals surface area contributed by atoms with Gasteiger partial charge in [-0.1, -0.05) is 12.1 Å². The first kappa shape index (κ1) is 26.5. The van der Waals surface area contributed by atoms with Crippen molar-refractivity contribution in [3.63, 3.8) is 0 Å². The number of benzene rings is 2. The van der Waals surface area contributed by atoms with Crippen molar-refractivity contribution < 1.29 is 31.4 Å². The number of nitrogens with one attached hydrogen (secondary N) is 1. The van der Waals surface area contributed by atoms with Crippen LogP contribution in [0.3, 0.4) is 0 Å². The molecule has 196 valence electrons. The van der Waals surface area contributed by atoms with Gasteiger partial charge in [0.05, 0.1) is 31.3 Å². The quantitative estimate of drug-likeness (QED) is 0.507. The molecule has 4 rings (SSSR count). The summed E-state index contributed by atoms with van der Waals surface area (Å²) in [7, 11) is 0.381. The van der Waals surface area contributed by atoms with Crippen molar-refractivity contribution in [1.29, 1.82) is 0 Å². The summed E-state index contributed by atoms with van der Waals surface area (Å²) in [5.41, 5.74) is 0.534. The van der Waals surface area contributed by atoms with Crippen LogP contribution >= 0.6 is 0 Å². The second kappa shape index (κ2) is 11.2. The average molecular weight is 523 g/mol. The lowest BCUT2D eigenvalue weighted by atomic mass is 9.86. The molecule has 1 saturated heterocycles. The molecule has 36 heavy (non-hydrogen) atoms. The summed E-state index contributed by atoms with van der Waals surface area (Å²) in [6.45, 7) is 1.12. The Morgan fingerprint density at radius 2 is 1.75 bits per heavy atom. The summed E-state index contributed by atoms with van der Waals surface area (Å²) < 4.78 is 75.6. The molecule has 0 spiro atoms. The van der Waals surface area contributed by atoms with Crippen LogP contribution in [-0.4, -0.2) is 65.3 Å². The van der Waals surface area contributed by atoms with E-state index in [4.69, 9.17) is 14.2 Å². The lowest BCUT2D eigenvalue weighted by molar-refractivity contribution is 0.0360. The second-order valence-corrected chi connectivity index (χ2v) is 10.8. The fourth-order valence-electron chi connectivity index (χ4n) is 5.13. The van der Waals surface area contributed by atoms with Gasteiger partial charge in [-0.25, -0.2) is 17.2 Å². The molecule has 0 radical (unpaired) electrons.